The van der Waals surface area contributed by atoms with Crippen molar-refractivity contribution in [1.29, 1.82) is 0 Å². The summed E-state index contributed by atoms with van der Waals surface area (Å²) >= 11 is 0. The first kappa shape index (κ1) is 17.1. The van der Waals surface area contributed by atoms with E-state index in [4.69, 9.17) is 24.4 Å². The quantitative estimate of drug-likeness (QED) is 0.303. The Morgan fingerprint density at radius 1 is 1.17 bits per heavy atom. The number of esters is 1. The van der Waals surface area contributed by atoms with Crippen LogP contribution in [0, 0.1) is 5.41 Å². The van der Waals surface area contributed by atoms with Gasteiger partial charge in [-0.05, 0) is 6.92 Å². The molecule has 6 nitrogen and oxygen atoms in total. The summed E-state index contributed by atoms with van der Waals surface area (Å²) in [7, 11) is 0. The van der Waals surface area contributed by atoms with Crippen molar-refractivity contribution in [3.8, 4) is 0 Å². The van der Waals surface area contributed by atoms with Gasteiger partial charge in [0.2, 0.25) is 0 Å². The highest BCUT2D eigenvalue weighted by molar-refractivity contribution is 5.76. The van der Waals surface area contributed by atoms with E-state index in [2.05, 4.69) is 6.58 Å². The fourth-order valence-corrected chi connectivity index (χ4v) is 0.933. The van der Waals surface area contributed by atoms with Gasteiger partial charge in [0, 0.05) is 0 Å². The van der Waals surface area contributed by atoms with E-state index in [1.54, 1.807) is 6.08 Å². The monoisotopic (exact) mass is 262 g/mol. The number of carbonyl (C=O) groups excluding carboxylic acids is 1. The van der Waals surface area contributed by atoms with Crippen LogP contribution in [0.25, 0.3) is 0 Å². The summed E-state index contributed by atoms with van der Waals surface area (Å²) in [6, 6.07) is 0. The Balaban J connectivity index is 3.54. The van der Waals surface area contributed by atoms with E-state index in [1.165, 1.54) is 6.92 Å². The number of carbonyl (C=O) groups is 1. The Kier molecular flexibility index (Phi) is 9.49. The standard InChI is InChI=1S/C12H22O6/c1-3-4-16-5-6-17-7-8-18-11(15)12(2,9-13)10-14/h3,13-14H,1,4-10H2,2H3. The molecule has 0 aliphatic carbocycles. The predicted octanol–water partition coefficient (Wildman–Crippen LogP) is -0.260. The number of hydrogen-bond donors (Lipinski definition) is 2. The first-order valence-electron chi connectivity index (χ1n) is 5.76. The van der Waals surface area contributed by atoms with E-state index >= 15 is 0 Å². The molecule has 0 radical (unpaired) electrons. The molecule has 0 saturated carbocycles. The number of hydrogen-bond acceptors (Lipinski definition) is 6. The average Bonchev–Trinajstić information content (AvgIpc) is 2.40. The summed E-state index contributed by atoms with van der Waals surface area (Å²) in [5.41, 5.74) is -1.26. The minimum absolute atomic E-state index is 0.0792. The molecule has 0 fully saturated rings. The molecule has 0 aromatic carbocycles. The second kappa shape index (κ2) is 10.0. The number of rotatable bonds is 11. The van der Waals surface area contributed by atoms with Crippen LogP contribution in [0.5, 0.6) is 0 Å². The molecule has 6 heteroatoms. The van der Waals surface area contributed by atoms with Gasteiger partial charge in [-0.25, -0.2) is 0 Å². The lowest BCUT2D eigenvalue weighted by Gasteiger charge is -2.22. The van der Waals surface area contributed by atoms with Crippen molar-refractivity contribution in [3.05, 3.63) is 12.7 Å². The van der Waals surface area contributed by atoms with Crippen LogP contribution in [0.4, 0.5) is 0 Å². The van der Waals surface area contributed by atoms with Gasteiger partial charge < -0.3 is 24.4 Å². The second-order valence-corrected chi connectivity index (χ2v) is 3.99. The van der Waals surface area contributed by atoms with Gasteiger partial charge in [-0.15, -0.1) is 6.58 Å². The zero-order valence-electron chi connectivity index (χ0n) is 10.8. The van der Waals surface area contributed by atoms with Crippen molar-refractivity contribution in [2.45, 2.75) is 6.92 Å². The van der Waals surface area contributed by atoms with E-state index in [0.717, 1.165) is 0 Å². The van der Waals surface area contributed by atoms with Crippen LogP contribution in [0.2, 0.25) is 0 Å². The van der Waals surface area contributed by atoms with Crippen LogP contribution in [-0.4, -0.2) is 62.4 Å². The smallest absolute Gasteiger partial charge is 0.316 e. The lowest BCUT2D eigenvalue weighted by atomic mass is 9.93. The number of ether oxygens (including phenoxy) is 3. The van der Waals surface area contributed by atoms with Crippen molar-refractivity contribution in [2.24, 2.45) is 5.41 Å². The van der Waals surface area contributed by atoms with Crippen molar-refractivity contribution < 1.29 is 29.2 Å². The molecule has 0 aliphatic heterocycles. The molecular formula is C12H22O6. The highest BCUT2D eigenvalue weighted by atomic mass is 16.6. The molecule has 0 unspecified atom stereocenters. The maximum Gasteiger partial charge on any atom is 0.316 e. The lowest BCUT2D eigenvalue weighted by molar-refractivity contribution is -0.161. The zero-order valence-corrected chi connectivity index (χ0v) is 10.8. The van der Waals surface area contributed by atoms with Crippen LogP contribution in [0.1, 0.15) is 6.92 Å². The molecule has 106 valence electrons. The fraction of sp³-hybridized carbons (Fsp3) is 0.750. The summed E-state index contributed by atoms with van der Waals surface area (Å²) < 4.78 is 15.1. The molecule has 0 bridgehead atoms. The molecular weight excluding hydrogens is 240 g/mol. The van der Waals surface area contributed by atoms with E-state index in [0.29, 0.717) is 19.8 Å². The third-order valence-electron chi connectivity index (χ3n) is 2.26. The lowest BCUT2D eigenvalue weighted by Crippen LogP contribution is -2.37. The van der Waals surface area contributed by atoms with E-state index in [-0.39, 0.29) is 13.2 Å². The summed E-state index contributed by atoms with van der Waals surface area (Å²) in [6.45, 7) is 5.67. The molecule has 0 aromatic heterocycles. The summed E-state index contributed by atoms with van der Waals surface area (Å²) in [5, 5.41) is 17.9. The van der Waals surface area contributed by atoms with Gasteiger partial charge in [0.1, 0.15) is 12.0 Å². The van der Waals surface area contributed by atoms with Crippen LogP contribution < -0.4 is 0 Å². The first-order valence-corrected chi connectivity index (χ1v) is 5.76. The molecule has 0 amide bonds. The highest BCUT2D eigenvalue weighted by Gasteiger charge is 2.33. The molecule has 0 heterocycles. The predicted molar refractivity (Wildman–Crippen MR) is 65.1 cm³/mol. The molecule has 0 atom stereocenters. The largest absolute Gasteiger partial charge is 0.463 e. The Morgan fingerprint density at radius 3 is 2.28 bits per heavy atom. The third kappa shape index (κ3) is 6.70. The van der Waals surface area contributed by atoms with Gasteiger partial charge in [0.25, 0.3) is 0 Å². The Bertz CT molecular complexity index is 237. The SMILES string of the molecule is C=CCOCCOCCOC(=O)C(C)(CO)CO. The van der Waals surface area contributed by atoms with Crippen molar-refractivity contribution >= 4 is 5.97 Å². The minimum Gasteiger partial charge on any atom is -0.463 e. The summed E-state index contributed by atoms with van der Waals surface area (Å²) in [5.74, 6) is -0.640. The maximum atomic E-state index is 11.5. The average molecular weight is 262 g/mol. The van der Waals surface area contributed by atoms with E-state index in [1.807, 2.05) is 0 Å². The highest BCUT2D eigenvalue weighted by Crippen LogP contribution is 2.16. The minimum atomic E-state index is -1.26. The van der Waals surface area contributed by atoms with Crippen LogP contribution in [0.3, 0.4) is 0 Å². The normalized spacial score (nSPS) is 11.3. The maximum absolute atomic E-state index is 11.5. The Morgan fingerprint density at radius 2 is 1.72 bits per heavy atom. The summed E-state index contributed by atoms with van der Waals surface area (Å²) in [6.07, 6.45) is 1.65. The van der Waals surface area contributed by atoms with Crippen molar-refractivity contribution in [2.75, 3.05) is 46.2 Å². The number of aliphatic hydroxyl groups excluding tert-OH is 2. The summed E-state index contributed by atoms with van der Waals surface area (Å²) in [4.78, 5) is 11.5. The molecule has 0 aliphatic rings. The fourth-order valence-electron chi connectivity index (χ4n) is 0.933. The van der Waals surface area contributed by atoms with E-state index in [9.17, 15) is 4.79 Å². The van der Waals surface area contributed by atoms with Gasteiger partial charge in [0.15, 0.2) is 0 Å². The van der Waals surface area contributed by atoms with Gasteiger partial charge >= 0.3 is 5.97 Å². The topological polar surface area (TPSA) is 85.2 Å². The van der Waals surface area contributed by atoms with Gasteiger partial charge in [-0.1, -0.05) is 6.08 Å². The molecule has 2 N–H and O–H groups in total. The van der Waals surface area contributed by atoms with Crippen LogP contribution in [0.15, 0.2) is 12.7 Å². The third-order valence-corrected chi connectivity index (χ3v) is 2.26. The number of aliphatic hydroxyl groups is 2. The molecule has 0 spiro atoms. The molecule has 0 aromatic rings. The Hall–Kier alpha value is -0.950. The van der Waals surface area contributed by atoms with Crippen LogP contribution >= 0.6 is 0 Å². The van der Waals surface area contributed by atoms with Crippen molar-refractivity contribution in [3.63, 3.8) is 0 Å². The van der Waals surface area contributed by atoms with Gasteiger partial charge in [-0.3, -0.25) is 4.79 Å². The second-order valence-electron chi connectivity index (χ2n) is 3.99. The molecule has 0 saturated heterocycles. The first-order chi connectivity index (χ1) is 8.60. The van der Waals surface area contributed by atoms with Crippen LogP contribution in [-0.2, 0) is 19.0 Å². The van der Waals surface area contributed by atoms with Gasteiger partial charge in [-0.2, -0.15) is 0 Å². The van der Waals surface area contributed by atoms with Gasteiger partial charge in [0.05, 0.1) is 39.6 Å². The Labute approximate surface area is 107 Å². The van der Waals surface area contributed by atoms with E-state index < -0.39 is 24.6 Å². The zero-order chi connectivity index (χ0) is 13.9. The van der Waals surface area contributed by atoms with Crippen molar-refractivity contribution in [1.82, 2.24) is 0 Å². The molecule has 18 heavy (non-hydrogen) atoms. The molecule has 0 rings (SSSR count).